The number of carbonyl (C=O) groups is 2. The number of rotatable bonds is 4. The number of benzene rings is 1. The number of carbonyl (C=O) groups excluding carboxylic acids is 2. The van der Waals surface area contributed by atoms with Gasteiger partial charge in [-0.3, -0.25) is 9.59 Å². The fraction of sp³-hybridized carbons (Fsp3) is 0.444. The molecule has 0 saturated carbocycles. The van der Waals surface area contributed by atoms with E-state index in [1.165, 1.54) is 0 Å². The maximum Gasteiger partial charge on any atom is 0.491 e. The van der Waals surface area contributed by atoms with E-state index < -0.39 is 30.0 Å². The zero-order chi connectivity index (χ0) is 18.4. The number of ketones is 1. The van der Waals surface area contributed by atoms with Crippen LogP contribution in [0.2, 0.25) is 0 Å². The molecule has 0 radical (unpaired) electrons. The lowest BCUT2D eigenvalue weighted by Crippen LogP contribution is -2.41. The Hall–Kier alpha value is -1.96. The van der Waals surface area contributed by atoms with Gasteiger partial charge >= 0.3 is 7.12 Å². The second-order valence-corrected chi connectivity index (χ2v) is 7.39. The Morgan fingerprint density at radius 1 is 1.20 bits per heavy atom. The first-order valence-corrected chi connectivity index (χ1v) is 8.36. The second kappa shape index (κ2) is 6.09. The van der Waals surface area contributed by atoms with E-state index in [1.807, 2.05) is 46.9 Å². The number of anilines is 1. The fourth-order valence-corrected chi connectivity index (χ4v) is 2.91. The van der Waals surface area contributed by atoms with Crippen LogP contribution in [0.25, 0.3) is 6.08 Å². The highest BCUT2D eigenvalue weighted by Crippen LogP contribution is 2.39. The van der Waals surface area contributed by atoms with E-state index in [9.17, 15) is 9.59 Å². The molecule has 1 aromatic carbocycles. The highest BCUT2D eigenvalue weighted by Gasteiger charge is 2.52. The first-order valence-electron chi connectivity index (χ1n) is 8.36. The molecule has 6 nitrogen and oxygen atoms in total. The Morgan fingerprint density at radius 2 is 1.84 bits per heavy atom. The highest BCUT2D eigenvalue weighted by atomic mass is 16.7. The van der Waals surface area contributed by atoms with Crippen molar-refractivity contribution in [1.29, 1.82) is 0 Å². The van der Waals surface area contributed by atoms with Crippen LogP contribution in [0.3, 0.4) is 0 Å². The number of likely N-dealkylation sites (N-methyl/N-ethyl adjacent to an activating group) is 1. The summed E-state index contributed by atoms with van der Waals surface area (Å²) in [6, 6.07) is 5.28. The van der Waals surface area contributed by atoms with E-state index in [4.69, 9.17) is 9.31 Å². The number of hydrogen-bond acceptors (Lipinski definition) is 5. The molecule has 0 aliphatic carbocycles. The molecule has 0 bridgehead atoms. The molecule has 25 heavy (non-hydrogen) atoms. The second-order valence-electron chi connectivity index (χ2n) is 7.39. The van der Waals surface area contributed by atoms with Gasteiger partial charge in [-0.25, -0.2) is 0 Å². The van der Waals surface area contributed by atoms with Gasteiger partial charge in [0.05, 0.1) is 22.5 Å². The van der Waals surface area contributed by atoms with Crippen LogP contribution in [0.4, 0.5) is 5.69 Å². The molecule has 2 N–H and O–H groups in total. The minimum absolute atomic E-state index is 0.400. The van der Waals surface area contributed by atoms with Crippen molar-refractivity contribution < 1.29 is 18.9 Å². The molecule has 0 aromatic heterocycles. The normalized spacial score (nSPS) is 21.5. The van der Waals surface area contributed by atoms with Crippen molar-refractivity contribution in [3.8, 4) is 0 Å². The maximum absolute atomic E-state index is 11.9. The quantitative estimate of drug-likeness (QED) is 0.647. The van der Waals surface area contributed by atoms with Crippen molar-refractivity contribution in [1.82, 2.24) is 5.32 Å². The van der Waals surface area contributed by atoms with Crippen molar-refractivity contribution in [2.24, 2.45) is 0 Å². The van der Waals surface area contributed by atoms with Crippen molar-refractivity contribution in [2.45, 2.75) is 38.9 Å². The van der Waals surface area contributed by atoms with Gasteiger partial charge in [0.25, 0.3) is 11.7 Å². The van der Waals surface area contributed by atoms with Crippen LogP contribution in [0, 0.1) is 0 Å². The number of para-hydroxylation sites is 1. The number of hydrogen-bond donors (Lipinski definition) is 2. The van der Waals surface area contributed by atoms with Gasteiger partial charge < -0.3 is 19.9 Å². The zero-order valence-corrected chi connectivity index (χ0v) is 15.2. The molecular weight excluding hydrogens is 319 g/mol. The summed E-state index contributed by atoms with van der Waals surface area (Å²) in [7, 11) is 1.35. The van der Waals surface area contributed by atoms with Gasteiger partial charge in [0.2, 0.25) is 0 Å². The summed E-state index contributed by atoms with van der Waals surface area (Å²) in [6.45, 7) is 8.57. The molecule has 0 atom stereocenters. The van der Waals surface area contributed by atoms with Crippen molar-refractivity contribution in [3.63, 3.8) is 0 Å². The predicted octanol–water partition coefficient (Wildman–Crippen LogP) is 2.06. The van der Waals surface area contributed by atoms with Gasteiger partial charge in [-0.2, -0.15) is 0 Å². The van der Waals surface area contributed by atoms with E-state index in [-0.39, 0.29) is 0 Å². The average molecular weight is 342 g/mol. The number of amides is 1. The van der Waals surface area contributed by atoms with Crippen LogP contribution in [0.5, 0.6) is 0 Å². The molecule has 0 spiro atoms. The van der Waals surface area contributed by atoms with Crippen LogP contribution < -0.4 is 10.6 Å². The zero-order valence-electron chi connectivity index (χ0n) is 15.2. The summed E-state index contributed by atoms with van der Waals surface area (Å²) in [5.41, 5.74) is 1.72. The Kier molecular flexibility index (Phi) is 4.35. The third kappa shape index (κ3) is 3.03. The van der Waals surface area contributed by atoms with E-state index in [1.54, 1.807) is 12.1 Å². The van der Waals surface area contributed by atoms with E-state index >= 15 is 0 Å². The molecule has 1 saturated heterocycles. The van der Waals surface area contributed by atoms with Gasteiger partial charge in [0.15, 0.2) is 0 Å². The van der Waals surface area contributed by atoms with Gasteiger partial charge in [-0.1, -0.05) is 18.2 Å². The third-order valence-corrected chi connectivity index (χ3v) is 5.06. The van der Waals surface area contributed by atoms with Gasteiger partial charge in [-0.15, -0.1) is 0 Å². The molecular formula is C18H23BN2O4. The third-order valence-electron chi connectivity index (χ3n) is 5.06. The fourth-order valence-electron chi connectivity index (χ4n) is 2.91. The SMILES string of the molecule is CNCC(=Cc1cccc2c1NC(=O)C2=O)B1OC(C)(C)C(C)(C)O1. The summed E-state index contributed by atoms with van der Waals surface area (Å²) in [5.74, 6) is -1.10. The number of nitrogens with one attached hydrogen (secondary N) is 2. The first kappa shape index (κ1) is 17.9. The summed E-state index contributed by atoms with van der Waals surface area (Å²) < 4.78 is 12.3. The summed E-state index contributed by atoms with van der Waals surface area (Å²) in [6.07, 6.45) is 1.91. The summed E-state index contributed by atoms with van der Waals surface area (Å²) in [5, 5.41) is 5.77. The first-order chi connectivity index (χ1) is 11.7. The summed E-state index contributed by atoms with van der Waals surface area (Å²) >= 11 is 0. The molecule has 3 rings (SSSR count). The number of fused-ring (bicyclic) bond motifs is 1. The van der Waals surface area contributed by atoms with Crippen molar-refractivity contribution in [3.05, 3.63) is 34.8 Å². The Labute approximate surface area is 148 Å². The minimum atomic E-state index is -0.596. The molecule has 2 heterocycles. The molecule has 1 amide bonds. The number of Topliss-reactive ketones (excluding diaryl/α,β-unsaturated/α-hetero) is 1. The van der Waals surface area contributed by atoms with E-state index in [0.717, 1.165) is 11.0 Å². The predicted molar refractivity (Wildman–Crippen MR) is 97.4 cm³/mol. The topological polar surface area (TPSA) is 76.7 Å². The largest absolute Gasteiger partial charge is 0.491 e. The molecule has 7 heteroatoms. The minimum Gasteiger partial charge on any atom is -0.400 e. The average Bonchev–Trinajstić information content (AvgIpc) is 2.93. The molecule has 1 aromatic rings. The molecule has 0 unspecified atom stereocenters. The van der Waals surface area contributed by atoms with Crippen LogP contribution >= 0.6 is 0 Å². The molecule has 1 fully saturated rings. The lowest BCUT2D eigenvalue weighted by molar-refractivity contribution is -0.112. The Bertz CT molecular complexity index is 754. The maximum atomic E-state index is 11.9. The van der Waals surface area contributed by atoms with Gasteiger partial charge in [0.1, 0.15) is 0 Å². The Balaban J connectivity index is 1.99. The lowest BCUT2D eigenvalue weighted by atomic mass is 9.76. The van der Waals surface area contributed by atoms with E-state index in [2.05, 4.69) is 10.6 Å². The Morgan fingerprint density at radius 3 is 2.44 bits per heavy atom. The van der Waals surface area contributed by atoms with Crippen molar-refractivity contribution in [2.75, 3.05) is 18.9 Å². The van der Waals surface area contributed by atoms with Crippen LogP contribution in [0.1, 0.15) is 43.6 Å². The summed E-state index contributed by atoms with van der Waals surface area (Å²) in [4.78, 5) is 23.6. The van der Waals surface area contributed by atoms with Crippen LogP contribution in [0.15, 0.2) is 23.7 Å². The monoisotopic (exact) mass is 342 g/mol. The highest BCUT2D eigenvalue weighted by molar-refractivity contribution is 6.56. The van der Waals surface area contributed by atoms with Crippen LogP contribution in [-0.2, 0) is 14.1 Å². The standard InChI is InChI=1S/C18H23BN2O4/c1-17(2)18(3,4)25-19(24-17)12(10-20-5)9-11-7-6-8-13-14(11)21-16(23)15(13)22/h6-9,20H,10H2,1-5H3,(H,21,22,23). The molecule has 2 aliphatic heterocycles. The molecule has 132 valence electrons. The van der Waals surface area contributed by atoms with Gasteiger partial charge in [0, 0.05) is 6.54 Å². The smallest absolute Gasteiger partial charge is 0.400 e. The lowest BCUT2D eigenvalue weighted by Gasteiger charge is -2.32. The van der Waals surface area contributed by atoms with Gasteiger partial charge in [-0.05, 0) is 51.8 Å². The van der Waals surface area contributed by atoms with Crippen molar-refractivity contribution >= 4 is 30.6 Å². The van der Waals surface area contributed by atoms with E-state index in [0.29, 0.717) is 17.8 Å². The molecule has 2 aliphatic rings. The van der Waals surface area contributed by atoms with Crippen LogP contribution in [-0.4, -0.2) is 43.6 Å².